The third-order valence-corrected chi connectivity index (χ3v) is 3.34. The lowest BCUT2D eigenvalue weighted by molar-refractivity contribution is -0.121. The van der Waals surface area contributed by atoms with Crippen molar-refractivity contribution in [1.82, 2.24) is 24.6 Å². The van der Waals surface area contributed by atoms with Gasteiger partial charge in [-0.2, -0.15) is 5.10 Å². The van der Waals surface area contributed by atoms with Gasteiger partial charge in [-0.05, 0) is 12.3 Å². The molecule has 1 amide bonds. The Balaban J connectivity index is 1.96. The third kappa shape index (κ3) is 3.68. The van der Waals surface area contributed by atoms with Gasteiger partial charge in [0.1, 0.15) is 5.39 Å². The lowest BCUT2D eigenvalue weighted by Crippen LogP contribution is -2.28. The van der Waals surface area contributed by atoms with Gasteiger partial charge in [-0.15, -0.1) is 0 Å². The van der Waals surface area contributed by atoms with Gasteiger partial charge >= 0.3 is 0 Å². The van der Waals surface area contributed by atoms with E-state index in [1.165, 1.54) is 17.1 Å². The van der Waals surface area contributed by atoms with E-state index in [0.29, 0.717) is 30.0 Å². The lowest BCUT2D eigenvalue weighted by Gasteiger charge is -2.08. The molecule has 2 aromatic rings. The van der Waals surface area contributed by atoms with Crippen LogP contribution >= 0.6 is 0 Å². The van der Waals surface area contributed by atoms with E-state index in [9.17, 15) is 9.59 Å². The Morgan fingerprint density at radius 3 is 2.90 bits per heavy atom. The molecule has 7 heteroatoms. The summed E-state index contributed by atoms with van der Waals surface area (Å²) < 4.78 is 3.01. The fraction of sp³-hybridized carbons (Fsp3) is 0.571. The Morgan fingerprint density at radius 1 is 1.43 bits per heavy atom. The van der Waals surface area contributed by atoms with E-state index in [1.54, 1.807) is 11.7 Å². The van der Waals surface area contributed by atoms with Crippen molar-refractivity contribution in [3.8, 4) is 0 Å². The quantitative estimate of drug-likeness (QED) is 0.848. The van der Waals surface area contributed by atoms with Crippen LogP contribution in [0.3, 0.4) is 0 Å². The highest BCUT2D eigenvalue weighted by molar-refractivity contribution is 5.76. The van der Waals surface area contributed by atoms with E-state index in [-0.39, 0.29) is 17.9 Å². The predicted molar refractivity (Wildman–Crippen MR) is 79.9 cm³/mol. The Morgan fingerprint density at radius 2 is 2.19 bits per heavy atom. The van der Waals surface area contributed by atoms with Crippen LogP contribution in [0.15, 0.2) is 17.3 Å². The minimum Gasteiger partial charge on any atom is -0.356 e. The topological polar surface area (TPSA) is 81.8 Å². The Labute approximate surface area is 123 Å². The number of fused-ring (bicyclic) bond motifs is 1. The molecule has 2 heterocycles. The van der Waals surface area contributed by atoms with Gasteiger partial charge < -0.3 is 5.32 Å². The zero-order valence-corrected chi connectivity index (χ0v) is 12.7. The average Bonchev–Trinajstić information content (AvgIpc) is 2.80. The highest BCUT2D eigenvalue weighted by atomic mass is 16.1. The van der Waals surface area contributed by atoms with Crippen LogP contribution in [0.5, 0.6) is 0 Å². The summed E-state index contributed by atoms with van der Waals surface area (Å²) in [6.07, 6.45) is 4.19. The van der Waals surface area contributed by atoms with Gasteiger partial charge in [-0.3, -0.25) is 18.8 Å². The van der Waals surface area contributed by atoms with Crippen molar-refractivity contribution in [3.63, 3.8) is 0 Å². The molecule has 0 aliphatic carbocycles. The Bertz CT molecular complexity index is 686. The van der Waals surface area contributed by atoms with Gasteiger partial charge in [0.25, 0.3) is 5.56 Å². The maximum Gasteiger partial charge on any atom is 0.264 e. The summed E-state index contributed by atoms with van der Waals surface area (Å²) in [5, 5.41) is 7.34. The molecule has 7 nitrogen and oxygen atoms in total. The summed E-state index contributed by atoms with van der Waals surface area (Å²) in [6.45, 7) is 5.22. The molecular weight excluding hydrogens is 270 g/mol. The van der Waals surface area contributed by atoms with Crippen molar-refractivity contribution in [2.75, 3.05) is 6.54 Å². The monoisotopic (exact) mass is 291 g/mol. The van der Waals surface area contributed by atoms with Gasteiger partial charge in [-0.25, -0.2) is 4.98 Å². The summed E-state index contributed by atoms with van der Waals surface area (Å²) in [5.41, 5.74) is 0.390. The summed E-state index contributed by atoms with van der Waals surface area (Å²) in [7, 11) is 1.74. The highest BCUT2D eigenvalue weighted by Gasteiger charge is 2.09. The normalized spacial score (nSPS) is 11.2. The number of nitrogens with one attached hydrogen (secondary N) is 1. The summed E-state index contributed by atoms with van der Waals surface area (Å²) in [5.74, 6) is 0.513. The molecule has 0 aliphatic rings. The molecule has 2 aromatic heterocycles. The first-order valence-electron chi connectivity index (χ1n) is 7.13. The van der Waals surface area contributed by atoms with Crippen molar-refractivity contribution >= 4 is 16.9 Å². The number of aromatic nitrogens is 4. The van der Waals surface area contributed by atoms with E-state index in [2.05, 4.69) is 29.2 Å². The molecule has 0 fully saturated rings. The number of carbonyl (C=O) groups is 1. The van der Waals surface area contributed by atoms with Gasteiger partial charge in [0.15, 0.2) is 5.65 Å². The SMILES string of the molecule is CC(C)CCNC(=O)CCn1cnc2c(cnn2C)c1=O. The Hall–Kier alpha value is -2.18. The zero-order valence-electron chi connectivity index (χ0n) is 12.7. The molecule has 0 spiro atoms. The van der Waals surface area contributed by atoms with Crippen LogP contribution in [-0.4, -0.2) is 31.8 Å². The molecule has 0 saturated carbocycles. The maximum atomic E-state index is 12.2. The zero-order chi connectivity index (χ0) is 15.4. The van der Waals surface area contributed by atoms with E-state index in [1.807, 2.05) is 0 Å². The smallest absolute Gasteiger partial charge is 0.264 e. The molecule has 2 rings (SSSR count). The molecule has 21 heavy (non-hydrogen) atoms. The van der Waals surface area contributed by atoms with E-state index in [4.69, 9.17) is 0 Å². The van der Waals surface area contributed by atoms with E-state index >= 15 is 0 Å². The number of rotatable bonds is 6. The largest absolute Gasteiger partial charge is 0.356 e. The average molecular weight is 291 g/mol. The predicted octanol–water partition coefficient (Wildman–Crippen LogP) is 0.682. The van der Waals surface area contributed by atoms with Gasteiger partial charge in [-0.1, -0.05) is 13.8 Å². The maximum absolute atomic E-state index is 12.2. The Kier molecular flexibility index (Phi) is 4.72. The van der Waals surface area contributed by atoms with Crippen LogP contribution in [0, 0.1) is 5.92 Å². The third-order valence-electron chi connectivity index (χ3n) is 3.34. The molecule has 0 radical (unpaired) electrons. The minimum absolute atomic E-state index is 0.0474. The number of hydrogen-bond donors (Lipinski definition) is 1. The summed E-state index contributed by atoms with van der Waals surface area (Å²) in [6, 6.07) is 0. The van der Waals surface area contributed by atoms with Crippen molar-refractivity contribution in [3.05, 3.63) is 22.9 Å². The number of amides is 1. The fourth-order valence-electron chi connectivity index (χ4n) is 2.04. The molecule has 0 aliphatic heterocycles. The first kappa shape index (κ1) is 15.2. The second kappa shape index (κ2) is 6.51. The first-order valence-corrected chi connectivity index (χ1v) is 7.13. The van der Waals surface area contributed by atoms with Crippen molar-refractivity contribution in [2.24, 2.45) is 13.0 Å². The van der Waals surface area contributed by atoms with E-state index < -0.39 is 0 Å². The lowest BCUT2D eigenvalue weighted by atomic mass is 10.1. The summed E-state index contributed by atoms with van der Waals surface area (Å²) >= 11 is 0. The molecule has 0 bridgehead atoms. The van der Waals surface area contributed by atoms with Crippen LogP contribution in [0.4, 0.5) is 0 Å². The minimum atomic E-state index is -0.164. The molecule has 1 N–H and O–H groups in total. The summed E-state index contributed by atoms with van der Waals surface area (Å²) in [4.78, 5) is 28.1. The van der Waals surface area contributed by atoms with Gasteiger partial charge in [0.2, 0.25) is 5.91 Å². The number of aryl methyl sites for hydroxylation is 2. The van der Waals surface area contributed by atoms with Crippen molar-refractivity contribution < 1.29 is 4.79 Å². The standard InChI is InChI=1S/C14H21N5O2/c1-10(2)4-6-15-12(20)5-7-19-9-16-13-11(14(19)21)8-17-18(13)3/h8-10H,4-7H2,1-3H3,(H,15,20). The molecule has 0 saturated heterocycles. The van der Waals surface area contributed by atoms with Gasteiger partial charge in [0.05, 0.1) is 12.5 Å². The number of carbonyl (C=O) groups excluding carboxylic acids is 1. The number of hydrogen-bond acceptors (Lipinski definition) is 4. The van der Waals surface area contributed by atoms with Gasteiger partial charge in [0, 0.05) is 26.6 Å². The van der Waals surface area contributed by atoms with E-state index in [0.717, 1.165) is 6.42 Å². The number of nitrogens with zero attached hydrogens (tertiary/aromatic N) is 4. The first-order chi connectivity index (χ1) is 9.99. The van der Waals surface area contributed by atoms with Crippen LogP contribution in [0.2, 0.25) is 0 Å². The van der Waals surface area contributed by atoms with Crippen LogP contribution in [0.1, 0.15) is 26.7 Å². The van der Waals surface area contributed by atoms with Crippen LogP contribution < -0.4 is 10.9 Å². The van der Waals surface area contributed by atoms with Crippen LogP contribution in [0.25, 0.3) is 11.0 Å². The second-order valence-electron chi connectivity index (χ2n) is 5.53. The highest BCUT2D eigenvalue weighted by Crippen LogP contribution is 2.03. The fourth-order valence-corrected chi connectivity index (χ4v) is 2.04. The molecular formula is C14H21N5O2. The molecule has 0 aromatic carbocycles. The van der Waals surface area contributed by atoms with Crippen molar-refractivity contribution in [1.29, 1.82) is 0 Å². The molecule has 0 unspecified atom stereocenters. The van der Waals surface area contributed by atoms with Crippen LogP contribution in [-0.2, 0) is 18.4 Å². The molecule has 114 valence electrons. The van der Waals surface area contributed by atoms with Crippen molar-refractivity contribution in [2.45, 2.75) is 33.2 Å². The molecule has 0 atom stereocenters. The second-order valence-corrected chi connectivity index (χ2v) is 5.53.